The third-order valence-corrected chi connectivity index (χ3v) is 0. The van der Waals surface area contributed by atoms with Crippen LogP contribution >= 0.6 is 0 Å². The molecule has 0 radical (unpaired) electrons. The van der Waals surface area contributed by atoms with Crippen molar-refractivity contribution in [3.63, 3.8) is 0 Å². The van der Waals surface area contributed by atoms with E-state index in [1.165, 1.54) is 0 Å². The molecule has 24 valence electrons. The zero-order valence-electron chi connectivity index (χ0n) is 1.94. The first-order valence-corrected chi connectivity index (χ1v) is 0.485. The van der Waals surface area contributed by atoms with E-state index in [9.17, 15) is 4.48 Å². The molecule has 0 aliphatic rings. The normalized spacial score (nSPS) is 3.00. The van der Waals surface area contributed by atoms with E-state index in [0.717, 1.165) is 0 Å². The molecule has 0 aromatic heterocycles. The SMILES string of the molecule is B=NF.F. The zero-order valence-corrected chi connectivity index (χ0v) is 1.94. The van der Waals surface area contributed by atoms with Crippen LogP contribution in [0.3, 0.4) is 0 Å². The van der Waals surface area contributed by atoms with Crippen molar-refractivity contribution in [2.45, 2.75) is 0 Å². The molecule has 0 aliphatic heterocycles. The minimum Gasteiger partial charge on any atom is -0.269 e. The number of hydrogen-bond donors (Lipinski definition) is 0. The molecule has 0 unspecified atom stereocenters. The molecule has 0 aliphatic carbocycles. The molecule has 0 aromatic rings. The summed E-state index contributed by atoms with van der Waals surface area (Å²) in [4.78, 5) is 0. The molecule has 0 fully saturated rings. The van der Waals surface area contributed by atoms with Gasteiger partial charge in [0.25, 0.3) is 0 Å². The number of nitrogens with zero attached hydrogens (tertiary/aromatic N) is 1. The Morgan fingerprint density at radius 2 is 1.75 bits per heavy atom. The summed E-state index contributed by atoms with van der Waals surface area (Å²) in [6.07, 6.45) is 0. The minimum atomic E-state index is 0. The standard InChI is InChI=1S/BFHN.FH/c1-3-2;/h1H;1H. The van der Waals surface area contributed by atoms with Crippen LogP contribution in [0.5, 0.6) is 0 Å². The number of hydrogen-bond acceptors (Lipinski definition) is 1. The van der Waals surface area contributed by atoms with Crippen LogP contribution in [0.25, 0.3) is 0 Å². The quantitative estimate of drug-likeness (QED) is 0.355. The molecule has 0 amide bonds. The molecule has 4 heavy (non-hydrogen) atoms. The molecule has 0 aromatic carbocycles. The van der Waals surface area contributed by atoms with Crippen molar-refractivity contribution in [3.8, 4) is 0 Å². The van der Waals surface area contributed by atoms with Crippen molar-refractivity contribution in [2.24, 2.45) is 5.12 Å². The fourth-order valence-electron chi connectivity index (χ4n) is 0. The van der Waals surface area contributed by atoms with Crippen LogP contribution < -0.4 is 0 Å². The summed E-state index contributed by atoms with van der Waals surface area (Å²) < 4.78 is 9.81. The smallest absolute Gasteiger partial charge is 0.269 e. The summed E-state index contributed by atoms with van der Waals surface area (Å²) in [6.45, 7) is 0. The van der Waals surface area contributed by atoms with Crippen LogP contribution in [-0.2, 0) is 0 Å². The van der Waals surface area contributed by atoms with Gasteiger partial charge in [-0.3, -0.25) is 4.70 Å². The predicted molar refractivity (Wildman–Crippen MR) is 13.2 cm³/mol. The van der Waals surface area contributed by atoms with Gasteiger partial charge in [-0.2, -0.15) is 0 Å². The van der Waals surface area contributed by atoms with E-state index in [1.54, 1.807) is 5.12 Å². The van der Waals surface area contributed by atoms with E-state index < -0.39 is 0 Å². The van der Waals surface area contributed by atoms with Crippen molar-refractivity contribution in [2.75, 3.05) is 0 Å². The summed E-state index contributed by atoms with van der Waals surface area (Å²) in [7, 11) is 2.44. The molecule has 0 saturated heterocycles. The van der Waals surface area contributed by atoms with Gasteiger partial charge in [0, 0.05) is 0 Å². The summed E-state index contributed by atoms with van der Waals surface area (Å²) in [6, 6.07) is 0. The molecule has 0 rings (SSSR count). The maximum Gasteiger partial charge on any atom is -0.269 e. The maximum atomic E-state index is 9.81. The van der Waals surface area contributed by atoms with Gasteiger partial charge < -0.3 is 0 Å². The van der Waals surface area contributed by atoms with Gasteiger partial charge in [0.1, 0.15) is 0 Å². The molecular weight excluding hydrogens is 62.8 g/mol. The van der Waals surface area contributed by atoms with Crippen molar-refractivity contribution in [1.29, 1.82) is 0 Å². The first kappa shape index (κ1) is 9.30. The second-order valence-electron chi connectivity index (χ2n) is 0.120. The van der Waals surface area contributed by atoms with Crippen molar-refractivity contribution in [3.05, 3.63) is 0 Å². The Kier molecular flexibility index (Phi) is 35.9. The predicted octanol–water partition coefficient (Wildman–Crippen LogP) is 0.108. The second-order valence-corrected chi connectivity index (χ2v) is 0.120. The van der Waals surface area contributed by atoms with Gasteiger partial charge in [0.2, 0.25) is 0 Å². The third-order valence-electron chi connectivity index (χ3n) is 0. The molecule has 0 bridgehead atoms. The molecule has 0 N–H and O–H groups in total. The summed E-state index contributed by atoms with van der Waals surface area (Å²) in [5.41, 5.74) is 0. The summed E-state index contributed by atoms with van der Waals surface area (Å²) in [5.74, 6) is 0. The average molecular weight is 64.8 g/mol. The maximum absolute atomic E-state index is 9.81. The van der Waals surface area contributed by atoms with Gasteiger partial charge in [0.05, 0.1) is 0 Å². The van der Waals surface area contributed by atoms with E-state index in [0.29, 0.717) is 0 Å². The van der Waals surface area contributed by atoms with Gasteiger partial charge in [-0.25, -0.2) is 0 Å². The first-order chi connectivity index (χ1) is 1.41. The Morgan fingerprint density at radius 1 is 1.75 bits per heavy atom. The van der Waals surface area contributed by atoms with Gasteiger partial charge >= 0.3 is 17.2 Å². The van der Waals surface area contributed by atoms with Crippen molar-refractivity contribution in [1.82, 2.24) is 0 Å². The topological polar surface area (TPSA) is 12.4 Å². The summed E-state index contributed by atoms with van der Waals surface area (Å²) >= 11 is 0. The van der Waals surface area contributed by atoms with E-state index in [4.69, 9.17) is 0 Å². The Morgan fingerprint density at radius 3 is 1.75 bits per heavy atom. The second kappa shape index (κ2) is 15.4. The number of rotatable bonds is 0. The van der Waals surface area contributed by atoms with Gasteiger partial charge in [-0.05, 0) is 0 Å². The first-order valence-electron chi connectivity index (χ1n) is 0.485. The monoisotopic (exact) mass is 65.0 g/mol. The molecule has 0 saturated carbocycles. The third kappa shape index (κ3) is 12.0. The van der Waals surface area contributed by atoms with Crippen LogP contribution in [0.4, 0.5) is 9.19 Å². The molecule has 0 heterocycles. The van der Waals surface area contributed by atoms with Crippen LogP contribution in [0.1, 0.15) is 0 Å². The summed E-state index contributed by atoms with van der Waals surface area (Å²) in [5, 5.41) is 1.75. The largest absolute Gasteiger partial charge is 0.269 e. The van der Waals surface area contributed by atoms with Crippen LogP contribution in [0, 0.1) is 0 Å². The molecule has 0 atom stereocenters. The van der Waals surface area contributed by atoms with Crippen LogP contribution in [0.2, 0.25) is 0 Å². The minimum absolute atomic E-state index is 0. The zero-order chi connectivity index (χ0) is 2.71. The van der Waals surface area contributed by atoms with E-state index in [2.05, 4.69) is 7.64 Å². The van der Waals surface area contributed by atoms with Crippen molar-refractivity contribution >= 4 is 7.64 Å². The number of halogens is 2. The molecular formula is H2BF2N. The van der Waals surface area contributed by atoms with Crippen molar-refractivity contribution < 1.29 is 9.19 Å². The van der Waals surface area contributed by atoms with E-state index in [-0.39, 0.29) is 4.70 Å². The molecule has 1 nitrogen and oxygen atoms in total. The fourth-order valence-corrected chi connectivity index (χ4v) is 0. The Hall–Kier alpha value is -0.275. The Labute approximate surface area is 23.3 Å². The van der Waals surface area contributed by atoms with Crippen LogP contribution in [-0.4, -0.2) is 7.64 Å². The Bertz CT molecular complexity index is 13.5. The van der Waals surface area contributed by atoms with E-state index in [1.807, 2.05) is 0 Å². The molecule has 4 heteroatoms. The van der Waals surface area contributed by atoms with Crippen LogP contribution in [0.15, 0.2) is 5.12 Å². The molecule has 0 spiro atoms. The van der Waals surface area contributed by atoms with Gasteiger partial charge in [-0.15, -0.1) is 0 Å². The fraction of sp³-hybridized carbons (Fsp3) is 0. The Balaban J connectivity index is 0. The van der Waals surface area contributed by atoms with E-state index >= 15 is 0 Å². The van der Waals surface area contributed by atoms with Gasteiger partial charge in [0.15, 0.2) is 0 Å². The van der Waals surface area contributed by atoms with Gasteiger partial charge in [-0.1, -0.05) is 0 Å². The average Bonchev–Trinajstić information content (AvgIpc) is 0.918.